The number of methoxy groups -OCH3 is 2. The van der Waals surface area contributed by atoms with Crippen LogP contribution >= 0.6 is 0 Å². The van der Waals surface area contributed by atoms with Crippen molar-refractivity contribution in [2.24, 2.45) is 0 Å². The molecule has 0 saturated carbocycles. The summed E-state index contributed by atoms with van der Waals surface area (Å²) in [5.74, 6) is 1.56. The second-order valence-corrected chi connectivity index (χ2v) is 8.69. The van der Waals surface area contributed by atoms with Gasteiger partial charge in [0.25, 0.3) is 0 Å². The first kappa shape index (κ1) is 22.3. The summed E-state index contributed by atoms with van der Waals surface area (Å²) in [5.41, 5.74) is 1.24. The zero-order valence-corrected chi connectivity index (χ0v) is 18.6. The highest BCUT2D eigenvalue weighted by Crippen LogP contribution is 2.29. The molecule has 0 radical (unpaired) electrons. The number of benzene rings is 1. The Morgan fingerprint density at radius 2 is 1.76 bits per heavy atom. The average molecular weight is 406 g/mol. The summed E-state index contributed by atoms with van der Waals surface area (Å²) < 4.78 is 10.8. The van der Waals surface area contributed by atoms with Crippen molar-refractivity contribution in [3.63, 3.8) is 0 Å². The molecule has 0 aromatic heterocycles. The predicted octanol–water partition coefficient (Wildman–Crippen LogP) is 2.45. The van der Waals surface area contributed by atoms with Gasteiger partial charge in [0, 0.05) is 50.9 Å². The standard InChI is InChI=1S/C23H39N3O3/c1-18(2)25-10-7-20(8-11-25)26-13-12-24(17-21(26)9-14-27)16-19-5-6-22(28-3)23(15-19)29-4/h5-6,15,18,20-21,27H,7-14,16-17H2,1-4H3/t21-/m1/s1. The SMILES string of the molecule is COc1ccc(CN2CCN(C3CCN(C(C)C)CC3)[C@H](CCO)C2)cc1OC. The van der Waals surface area contributed by atoms with Crippen molar-refractivity contribution in [3.05, 3.63) is 23.8 Å². The van der Waals surface area contributed by atoms with Crippen LogP contribution in [-0.4, -0.2) is 91.5 Å². The van der Waals surface area contributed by atoms with Crippen LogP contribution in [0.4, 0.5) is 0 Å². The molecule has 1 aromatic carbocycles. The molecule has 2 aliphatic rings. The van der Waals surface area contributed by atoms with Gasteiger partial charge in [0.05, 0.1) is 14.2 Å². The Bertz CT molecular complexity index is 632. The smallest absolute Gasteiger partial charge is 0.161 e. The number of likely N-dealkylation sites (tertiary alicyclic amines) is 1. The third kappa shape index (κ3) is 5.63. The Morgan fingerprint density at radius 1 is 1.03 bits per heavy atom. The van der Waals surface area contributed by atoms with Crippen LogP contribution in [0, 0.1) is 0 Å². The van der Waals surface area contributed by atoms with Crippen molar-refractivity contribution in [2.75, 3.05) is 53.6 Å². The minimum atomic E-state index is 0.260. The summed E-state index contributed by atoms with van der Waals surface area (Å²) >= 11 is 0. The number of nitrogens with zero attached hydrogens (tertiary/aromatic N) is 3. The van der Waals surface area contributed by atoms with Gasteiger partial charge in [-0.3, -0.25) is 9.80 Å². The topological polar surface area (TPSA) is 48.4 Å². The van der Waals surface area contributed by atoms with Gasteiger partial charge in [-0.05, 0) is 63.9 Å². The molecule has 3 rings (SSSR count). The molecular formula is C23H39N3O3. The van der Waals surface area contributed by atoms with Gasteiger partial charge in [0.1, 0.15) is 0 Å². The number of hydrogen-bond donors (Lipinski definition) is 1. The number of piperazine rings is 1. The van der Waals surface area contributed by atoms with Gasteiger partial charge < -0.3 is 19.5 Å². The molecule has 0 spiro atoms. The molecule has 6 nitrogen and oxygen atoms in total. The van der Waals surface area contributed by atoms with E-state index in [0.717, 1.165) is 44.1 Å². The number of piperidine rings is 1. The third-order valence-corrected chi connectivity index (χ3v) is 6.63. The average Bonchev–Trinajstić information content (AvgIpc) is 2.74. The van der Waals surface area contributed by atoms with Crippen LogP contribution in [0.1, 0.15) is 38.7 Å². The molecule has 2 heterocycles. The largest absolute Gasteiger partial charge is 0.493 e. The van der Waals surface area contributed by atoms with Crippen LogP contribution in [0.5, 0.6) is 11.5 Å². The first-order valence-corrected chi connectivity index (χ1v) is 11.1. The summed E-state index contributed by atoms with van der Waals surface area (Å²) in [6.45, 7) is 11.3. The summed E-state index contributed by atoms with van der Waals surface area (Å²) in [6.07, 6.45) is 3.35. The fourth-order valence-corrected chi connectivity index (χ4v) is 4.94. The summed E-state index contributed by atoms with van der Waals surface area (Å²) in [4.78, 5) is 7.80. The number of aliphatic hydroxyl groups excluding tert-OH is 1. The van der Waals surface area contributed by atoms with Gasteiger partial charge in [-0.2, -0.15) is 0 Å². The van der Waals surface area contributed by atoms with Crippen molar-refractivity contribution < 1.29 is 14.6 Å². The quantitative estimate of drug-likeness (QED) is 0.717. The minimum absolute atomic E-state index is 0.260. The Balaban J connectivity index is 1.60. The number of ether oxygens (including phenoxy) is 2. The fourth-order valence-electron chi connectivity index (χ4n) is 4.94. The molecule has 0 unspecified atom stereocenters. The Kier molecular flexibility index (Phi) is 8.18. The van der Waals surface area contributed by atoms with E-state index in [1.165, 1.54) is 31.5 Å². The van der Waals surface area contributed by atoms with Crippen molar-refractivity contribution in [3.8, 4) is 11.5 Å². The monoisotopic (exact) mass is 405 g/mol. The first-order chi connectivity index (χ1) is 14.0. The lowest BCUT2D eigenvalue weighted by Crippen LogP contribution is -2.58. The third-order valence-electron chi connectivity index (χ3n) is 6.63. The van der Waals surface area contributed by atoms with Crippen LogP contribution in [0.15, 0.2) is 18.2 Å². The Hall–Kier alpha value is -1.34. The molecule has 2 aliphatic heterocycles. The zero-order chi connectivity index (χ0) is 20.8. The van der Waals surface area contributed by atoms with E-state index in [4.69, 9.17) is 9.47 Å². The van der Waals surface area contributed by atoms with Crippen molar-refractivity contribution in [1.29, 1.82) is 0 Å². The highest BCUT2D eigenvalue weighted by Gasteiger charge is 2.33. The summed E-state index contributed by atoms with van der Waals surface area (Å²) in [7, 11) is 3.35. The van der Waals surface area contributed by atoms with E-state index in [1.807, 2.05) is 6.07 Å². The van der Waals surface area contributed by atoms with Crippen LogP contribution in [-0.2, 0) is 6.54 Å². The fraction of sp³-hybridized carbons (Fsp3) is 0.739. The molecule has 2 saturated heterocycles. The lowest BCUT2D eigenvalue weighted by atomic mass is 9.97. The second-order valence-electron chi connectivity index (χ2n) is 8.69. The van der Waals surface area contributed by atoms with E-state index < -0.39 is 0 Å². The van der Waals surface area contributed by atoms with E-state index in [-0.39, 0.29) is 6.61 Å². The molecule has 1 N–H and O–H groups in total. The van der Waals surface area contributed by atoms with Crippen LogP contribution in [0.25, 0.3) is 0 Å². The summed E-state index contributed by atoms with van der Waals surface area (Å²) in [5, 5.41) is 9.67. The maximum absolute atomic E-state index is 9.67. The highest BCUT2D eigenvalue weighted by atomic mass is 16.5. The molecule has 1 atom stereocenters. The number of hydrogen-bond acceptors (Lipinski definition) is 6. The van der Waals surface area contributed by atoms with Gasteiger partial charge in [0.15, 0.2) is 11.5 Å². The maximum Gasteiger partial charge on any atom is 0.161 e. The molecule has 2 fully saturated rings. The second kappa shape index (κ2) is 10.6. The molecular weight excluding hydrogens is 366 g/mol. The number of aliphatic hydroxyl groups is 1. The lowest BCUT2D eigenvalue weighted by Gasteiger charge is -2.48. The lowest BCUT2D eigenvalue weighted by molar-refractivity contribution is -0.0000438. The molecule has 6 heteroatoms. The van der Waals surface area contributed by atoms with Crippen LogP contribution in [0.3, 0.4) is 0 Å². The van der Waals surface area contributed by atoms with Crippen molar-refractivity contribution in [2.45, 2.75) is 57.8 Å². The normalized spacial score (nSPS) is 22.9. The predicted molar refractivity (Wildman–Crippen MR) is 117 cm³/mol. The van der Waals surface area contributed by atoms with E-state index in [0.29, 0.717) is 18.1 Å². The maximum atomic E-state index is 9.67. The summed E-state index contributed by atoms with van der Waals surface area (Å²) in [6, 6.07) is 7.92. The van der Waals surface area contributed by atoms with Gasteiger partial charge in [0.2, 0.25) is 0 Å². The Morgan fingerprint density at radius 3 is 2.38 bits per heavy atom. The van der Waals surface area contributed by atoms with E-state index >= 15 is 0 Å². The molecule has 0 amide bonds. The molecule has 0 bridgehead atoms. The van der Waals surface area contributed by atoms with Gasteiger partial charge in [-0.25, -0.2) is 0 Å². The Labute approximate surface area is 176 Å². The van der Waals surface area contributed by atoms with Gasteiger partial charge in [-0.1, -0.05) is 6.07 Å². The van der Waals surface area contributed by atoms with Gasteiger partial charge in [-0.15, -0.1) is 0 Å². The van der Waals surface area contributed by atoms with Gasteiger partial charge >= 0.3 is 0 Å². The van der Waals surface area contributed by atoms with Crippen molar-refractivity contribution >= 4 is 0 Å². The minimum Gasteiger partial charge on any atom is -0.493 e. The molecule has 29 heavy (non-hydrogen) atoms. The van der Waals surface area contributed by atoms with Crippen molar-refractivity contribution in [1.82, 2.24) is 14.7 Å². The molecule has 164 valence electrons. The first-order valence-electron chi connectivity index (χ1n) is 11.1. The zero-order valence-electron chi connectivity index (χ0n) is 18.6. The molecule has 0 aliphatic carbocycles. The highest BCUT2D eigenvalue weighted by molar-refractivity contribution is 5.42. The van der Waals surface area contributed by atoms with E-state index in [2.05, 4.69) is 40.7 Å². The van der Waals surface area contributed by atoms with E-state index in [1.54, 1.807) is 14.2 Å². The van der Waals surface area contributed by atoms with Crippen LogP contribution < -0.4 is 9.47 Å². The molecule has 1 aromatic rings. The van der Waals surface area contributed by atoms with Crippen LogP contribution in [0.2, 0.25) is 0 Å². The van der Waals surface area contributed by atoms with E-state index in [9.17, 15) is 5.11 Å². The number of rotatable bonds is 8.